The predicted molar refractivity (Wildman–Crippen MR) is 85.6 cm³/mol. The lowest BCUT2D eigenvalue weighted by Gasteiger charge is -2.36. The Morgan fingerprint density at radius 1 is 0.950 bits per heavy atom. The third kappa shape index (κ3) is 3.41. The van der Waals surface area contributed by atoms with Crippen molar-refractivity contribution in [2.45, 2.75) is 70.8 Å². The summed E-state index contributed by atoms with van der Waals surface area (Å²) in [5.74, 6) is 0. The minimum atomic E-state index is -0.136. The van der Waals surface area contributed by atoms with Crippen LogP contribution in [-0.4, -0.2) is 6.40 Å². The van der Waals surface area contributed by atoms with Crippen molar-refractivity contribution < 1.29 is 4.74 Å². The van der Waals surface area contributed by atoms with Gasteiger partial charge in [0.15, 0.2) is 6.40 Å². The molecule has 0 saturated carbocycles. The van der Waals surface area contributed by atoms with E-state index in [1.807, 2.05) is 0 Å². The summed E-state index contributed by atoms with van der Waals surface area (Å²) in [5.41, 5.74) is 2.24. The first-order chi connectivity index (χ1) is 9.82. The highest BCUT2D eigenvalue weighted by Crippen LogP contribution is 2.43. The smallest absolute Gasteiger partial charge is 0.175 e. The SMILES string of the molecule is CCCCCC1(CCCCC)OC=Nc2ccccc21. The highest BCUT2D eigenvalue weighted by atomic mass is 16.5. The van der Waals surface area contributed by atoms with Crippen LogP contribution in [-0.2, 0) is 10.3 Å². The molecule has 0 aromatic heterocycles. The molecule has 1 aromatic carbocycles. The molecule has 0 fully saturated rings. The van der Waals surface area contributed by atoms with E-state index in [9.17, 15) is 0 Å². The second-order valence-electron chi connectivity index (χ2n) is 5.78. The molecule has 2 heteroatoms. The third-order valence-corrected chi connectivity index (χ3v) is 4.23. The minimum Gasteiger partial charge on any atom is -0.472 e. The van der Waals surface area contributed by atoms with Crippen molar-refractivity contribution in [3.8, 4) is 0 Å². The molecular formula is C18H27NO. The number of rotatable bonds is 8. The van der Waals surface area contributed by atoms with E-state index in [4.69, 9.17) is 4.74 Å². The molecule has 0 unspecified atom stereocenters. The summed E-state index contributed by atoms with van der Waals surface area (Å²) in [6.07, 6.45) is 11.4. The molecule has 2 rings (SSSR count). The number of benzene rings is 1. The fourth-order valence-corrected chi connectivity index (χ4v) is 3.05. The highest BCUT2D eigenvalue weighted by molar-refractivity contribution is 5.64. The molecule has 0 atom stereocenters. The topological polar surface area (TPSA) is 21.6 Å². The molecule has 1 aromatic rings. The molecule has 0 amide bonds. The lowest BCUT2D eigenvalue weighted by atomic mass is 9.82. The van der Waals surface area contributed by atoms with Crippen molar-refractivity contribution in [2.24, 2.45) is 4.99 Å². The first-order valence-corrected chi connectivity index (χ1v) is 8.12. The molecule has 110 valence electrons. The van der Waals surface area contributed by atoms with Crippen LogP contribution in [0.15, 0.2) is 29.3 Å². The van der Waals surface area contributed by atoms with E-state index in [0.29, 0.717) is 0 Å². The fourth-order valence-electron chi connectivity index (χ4n) is 3.05. The summed E-state index contributed by atoms with van der Waals surface area (Å²) in [5, 5.41) is 0. The second-order valence-corrected chi connectivity index (χ2v) is 5.78. The monoisotopic (exact) mass is 273 g/mol. The van der Waals surface area contributed by atoms with Crippen LogP contribution in [0.1, 0.15) is 70.8 Å². The summed E-state index contributed by atoms with van der Waals surface area (Å²) in [6.45, 7) is 4.50. The Balaban J connectivity index is 2.19. The first kappa shape index (κ1) is 15.1. The van der Waals surface area contributed by atoms with Crippen LogP contribution in [0.25, 0.3) is 0 Å². The van der Waals surface area contributed by atoms with Gasteiger partial charge >= 0.3 is 0 Å². The highest BCUT2D eigenvalue weighted by Gasteiger charge is 2.36. The molecule has 0 saturated heterocycles. The Bertz CT molecular complexity index is 429. The van der Waals surface area contributed by atoms with Crippen molar-refractivity contribution in [2.75, 3.05) is 0 Å². The van der Waals surface area contributed by atoms with Crippen molar-refractivity contribution in [1.82, 2.24) is 0 Å². The van der Waals surface area contributed by atoms with Crippen LogP contribution in [0, 0.1) is 0 Å². The van der Waals surface area contributed by atoms with E-state index in [0.717, 1.165) is 18.5 Å². The van der Waals surface area contributed by atoms with E-state index in [1.165, 1.54) is 44.1 Å². The number of aliphatic imine (C=N–C) groups is 1. The van der Waals surface area contributed by atoms with Gasteiger partial charge in [0.25, 0.3) is 0 Å². The molecular weight excluding hydrogens is 246 g/mol. The molecule has 0 radical (unpaired) electrons. The van der Waals surface area contributed by atoms with Crippen molar-refractivity contribution in [3.05, 3.63) is 29.8 Å². The van der Waals surface area contributed by atoms with Crippen LogP contribution >= 0.6 is 0 Å². The van der Waals surface area contributed by atoms with Gasteiger partial charge in [-0.25, -0.2) is 4.99 Å². The molecule has 0 bridgehead atoms. The van der Waals surface area contributed by atoms with Crippen molar-refractivity contribution >= 4 is 12.1 Å². The van der Waals surface area contributed by atoms with E-state index in [1.54, 1.807) is 6.40 Å². The molecule has 0 spiro atoms. The standard InChI is InChI=1S/C18H27NO/c1-3-5-9-13-18(14-10-6-4-2)16-11-7-8-12-17(16)19-15-20-18/h7-8,11-12,15H,3-6,9-10,13-14H2,1-2H3. The number of hydrogen-bond acceptors (Lipinski definition) is 2. The predicted octanol–water partition coefficient (Wildman–Crippen LogP) is 5.73. The van der Waals surface area contributed by atoms with Gasteiger partial charge in [0, 0.05) is 5.56 Å². The second kappa shape index (κ2) is 7.47. The van der Waals surface area contributed by atoms with E-state index >= 15 is 0 Å². The number of hydrogen-bond donors (Lipinski definition) is 0. The van der Waals surface area contributed by atoms with Gasteiger partial charge in [0.1, 0.15) is 5.60 Å². The summed E-state index contributed by atoms with van der Waals surface area (Å²) in [7, 11) is 0. The van der Waals surface area contributed by atoms with Gasteiger partial charge in [0.2, 0.25) is 0 Å². The van der Waals surface area contributed by atoms with Crippen LogP contribution in [0.5, 0.6) is 0 Å². The lowest BCUT2D eigenvalue weighted by molar-refractivity contribution is 0.0330. The maximum absolute atomic E-state index is 6.09. The maximum atomic E-state index is 6.09. The average molecular weight is 273 g/mol. The van der Waals surface area contributed by atoms with Crippen LogP contribution in [0.3, 0.4) is 0 Å². The molecule has 0 aliphatic carbocycles. The first-order valence-electron chi connectivity index (χ1n) is 8.12. The van der Waals surface area contributed by atoms with E-state index < -0.39 is 0 Å². The molecule has 0 N–H and O–H groups in total. The third-order valence-electron chi connectivity index (χ3n) is 4.23. The summed E-state index contributed by atoms with van der Waals surface area (Å²) >= 11 is 0. The number of ether oxygens (including phenoxy) is 1. The van der Waals surface area contributed by atoms with Gasteiger partial charge in [-0.1, -0.05) is 57.7 Å². The number of fused-ring (bicyclic) bond motifs is 1. The number of unbranched alkanes of at least 4 members (excludes halogenated alkanes) is 4. The number of para-hydroxylation sites is 1. The van der Waals surface area contributed by atoms with Gasteiger partial charge in [-0.15, -0.1) is 0 Å². The fraction of sp³-hybridized carbons (Fsp3) is 0.611. The molecule has 1 heterocycles. The van der Waals surface area contributed by atoms with Crippen LogP contribution < -0.4 is 0 Å². The van der Waals surface area contributed by atoms with Crippen molar-refractivity contribution in [3.63, 3.8) is 0 Å². The molecule has 20 heavy (non-hydrogen) atoms. The molecule has 2 nitrogen and oxygen atoms in total. The van der Waals surface area contributed by atoms with Gasteiger partial charge in [-0.3, -0.25) is 0 Å². The average Bonchev–Trinajstić information content (AvgIpc) is 2.48. The Hall–Kier alpha value is -1.31. The summed E-state index contributed by atoms with van der Waals surface area (Å²) in [6, 6.07) is 8.47. The normalized spacial score (nSPS) is 15.7. The Morgan fingerprint density at radius 2 is 1.60 bits per heavy atom. The molecule has 1 aliphatic rings. The van der Waals surface area contributed by atoms with E-state index in [2.05, 4.69) is 43.1 Å². The van der Waals surface area contributed by atoms with Gasteiger partial charge in [-0.05, 0) is 31.7 Å². The van der Waals surface area contributed by atoms with Crippen molar-refractivity contribution in [1.29, 1.82) is 0 Å². The van der Waals surface area contributed by atoms with Gasteiger partial charge in [0.05, 0.1) is 5.69 Å². The lowest BCUT2D eigenvalue weighted by Crippen LogP contribution is -2.31. The maximum Gasteiger partial charge on any atom is 0.175 e. The zero-order valence-electron chi connectivity index (χ0n) is 12.9. The quantitative estimate of drug-likeness (QED) is 0.554. The zero-order chi connectivity index (χ0) is 14.3. The molecule has 1 aliphatic heterocycles. The minimum absolute atomic E-state index is 0.136. The van der Waals surface area contributed by atoms with Crippen LogP contribution in [0.2, 0.25) is 0 Å². The van der Waals surface area contributed by atoms with Crippen LogP contribution in [0.4, 0.5) is 5.69 Å². The Morgan fingerprint density at radius 3 is 2.25 bits per heavy atom. The van der Waals surface area contributed by atoms with Gasteiger partial charge < -0.3 is 4.74 Å². The Labute approximate surface area is 123 Å². The summed E-state index contributed by atoms with van der Waals surface area (Å²) in [4.78, 5) is 4.40. The van der Waals surface area contributed by atoms with E-state index in [-0.39, 0.29) is 5.60 Å². The number of nitrogens with zero attached hydrogens (tertiary/aromatic N) is 1. The largest absolute Gasteiger partial charge is 0.472 e. The van der Waals surface area contributed by atoms with Gasteiger partial charge in [-0.2, -0.15) is 0 Å². The Kier molecular flexibility index (Phi) is 5.63. The summed E-state index contributed by atoms with van der Waals surface area (Å²) < 4.78 is 6.09. The zero-order valence-corrected chi connectivity index (χ0v) is 12.9.